The smallest absolute Gasteiger partial charge is 0.163 e. The van der Waals surface area contributed by atoms with Gasteiger partial charge in [0.2, 0.25) is 0 Å². The molecule has 0 amide bonds. The molecule has 5 nitrogen and oxygen atoms in total. The van der Waals surface area contributed by atoms with E-state index in [1.807, 2.05) is 12.1 Å². The van der Waals surface area contributed by atoms with Crippen LogP contribution >= 0.6 is 0 Å². The van der Waals surface area contributed by atoms with Crippen LogP contribution in [0.5, 0.6) is 11.5 Å². The normalized spacial score (nSPS) is 16.1. The van der Waals surface area contributed by atoms with Gasteiger partial charge in [-0.3, -0.25) is 0 Å². The molecule has 0 spiro atoms. The van der Waals surface area contributed by atoms with Crippen LogP contribution < -0.4 is 9.47 Å². The van der Waals surface area contributed by atoms with E-state index < -0.39 is 0 Å². The highest BCUT2D eigenvalue weighted by Gasteiger charge is 2.23. The Morgan fingerprint density at radius 2 is 1.82 bits per heavy atom. The lowest BCUT2D eigenvalue weighted by Gasteiger charge is -2.22. The lowest BCUT2D eigenvalue weighted by molar-refractivity contribution is 0.273. The Morgan fingerprint density at radius 3 is 2.45 bits per heavy atom. The topological polar surface area (TPSA) is 56.5 Å². The maximum absolute atomic E-state index is 9.44. The van der Waals surface area contributed by atoms with Crippen LogP contribution in [0.1, 0.15) is 43.8 Å². The number of hydrogen-bond donors (Lipinski definition) is 1. The zero-order valence-electron chi connectivity index (χ0n) is 13.3. The average Bonchev–Trinajstić information content (AvgIpc) is 2.92. The molecule has 1 N–H and O–H groups in total. The molecule has 1 aliphatic carbocycles. The molecule has 1 aromatic carbocycles. The van der Waals surface area contributed by atoms with Gasteiger partial charge in [0.25, 0.3) is 0 Å². The summed E-state index contributed by atoms with van der Waals surface area (Å²) in [7, 11) is 3.27. The first kappa shape index (κ1) is 15.2. The molecule has 3 rings (SSSR count). The zero-order valence-corrected chi connectivity index (χ0v) is 13.3. The van der Waals surface area contributed by atoms with Gasteiger partial charge < -0.3 is 19.1 Å². The molecule has 1 fully saturated rings. The first-order valence-electron chi connectivity index (χ1n) is 8.01. The van der Waals surface area contributed by atoms with Gasteiger partial charge >= 0.3 is 0 Å². The molecular formula is C17H24N2O3. The van der Waals surface area contributed by atoms with Crippen molar-refractivity contribution in [3.63, 3.8) is 0 Å². The van der Waals surface area contributed by atoms with Crippen LogP contribution in [0.25, 0.3) is 11.0 Å². The highest BCUT2D eigenvalue weighted by atomic mass is 16.5. The lowest BCUT2D eigenvalue weighted by atomic mass is 9.88. The van der Waals surface area contributed by atoms with E-state index in [9.17, 15) is 5.11 Å². The Hall–Kier alpha value is -1.75. The standard InChI is InChI=1S/C17H24N2O3/c1-21-15-10-13-14(11-16(15)22-2)19(8-9-20)17(18-13)12-6-4-3-5-7-12/h10-12,20H,3-9H2,1-2H3. The number of aliphatic hydroxyl groups is 1. The van der Waals surface area contributed by atoms with Gasteiger partial charge in [0.1, 0.15) is 5.82 Å². The number of methoxy groups -OCH3 is 2. The van der Waals surface area contributed by atoms with E-state index in [0.29, 0.717) is 24.0 Å². The van der Waals surface area contributed by atoms with Gasteiger partial charge in [-0.1, -0.05) is 19.3 Å². The van der Waals surface area contributed by atoms with Gasteiger partial charge in [-0.15, -0.1) is 0 Å². The van der Waals surface area contributed by atoms with Crippen LogP contribution in [0.2, 0.25) is 0 Å². The van der Waals surface area contributed by atoms with Crippen molar-refractivity contribution in [3.05, 3.63) is 18.0 Å². The van der Waals surface area contributed by atoms with Crippen molar-refractivity contribution in [1.29, 1.82) is 0 Å². The van der Waals surface area contributed by atoms with E-state index in [0.717, 1.165) is 16.9 Å². The number of aliphatic hydroxyl groups excluding tert-OH is 1. The van der Waals surface area contributed by atoms with Gasteiger partial charge in [0, 0.05) is 24.6 Å². The molecule has 0 aliphatic heterocycles. The van der Waals surface area contributed by atoms with Crippen LogP contribution in [-0.4, -0.2) is 35.5 Å². The predicted molar refractivity (Wildman–Crippen MR) is 85.7 cm³/mol. The fraction of sp³-hybridized carbons (Fsp3) is 0.588. The molecule has 5 heteroatoms. The predicted octanol–water partition coefficient (Wildman–Crippen LogP) is 3.09. The molecule has 0 bridgehead atoms. The second kappa shape index (κ2) is 6.57. The Balaban J connectivity index is 2.12. The van der Waals surface area contributed by atoms with Gasteiger partial charge in [-0.2, -0.15) is 0 Å². The van der Waals surface area contributed by atoms with Gasteiger partial charge in [-0.25, -0.2) is 4.98 Å². The number of ether oxygens (including phenoxy) is 2. The molecular weight excluding hydrogens is 280 g/mol. The Kier molecular flexibility index (Phi) is 4.52. The quantitative estimate of drug-likeness (QED) is 0.922. The van der Waals surface area contributed by atoms with E-state index in [1.54, 1.807) is 14.2 Å². The lowest BCUT2D eigenvalue weighted by Crippen LogP contribution is -2.13. The molecule has 120 valence electrons. The van der Waals surface area contributed by atoms with Crippen molar-refractivity contribution in [2.24, 2.45) is 0 Å². The third kappa shape index (κ3) is 2.65. The van der Waals surface area contributed by atoms with Gasteiger partial charge in [-0.05, 0) is 12.8 Å². The Bertz CT molecular complexity index is 645. The highest BCUT2D eigenvalue weighted by Crippen LogP contribution is 2.37. The third-order valence-corrected chi connectivity index (χ3v) is 4.58. The van der Waals surface area contributed by atoms with Gasteiger partial charge in [0.05, 0.1) is 31.9 Å². The zero-order chi connectivity index (χ0) is 15.5. The highest BCUT2D eigenvalue weighted by molar-refractivity contribution is 5.80. The van der Waals surface area contributed by atoms with E-state index in [1.165, 1.54) is 32.1 Å². The number of nitrogens with zero attached hydrogens (tertiary/aromatic N) is 2. The van der Waals surface area contributed by atoms with Crippen molar-refractivity contribution in [3.8, 4) is 11.5 Å². The number of hydrogen-bond acceptors (Lipinski definition) is 4. The van der Waals surface area contributed by atoms with Crippen molar-refractivity contribution < 1.29 is 14.6 Å². The monoisotopic (exact) mass is 304 g/mol. The summed E-state index contributed by atoms with van der Waals surface area (Å²) in [4.78, 5) is 4.86. The average molecular weight is 304 g/mol. The summed E-state index contributed by atoms with van der Waals surface area (Å²) in [5.41, 5.74) is 1.92. The van der Waals surface area contributed by atoms with Crippen LogP contribution in [0.4, 0.5) is 0 Å². The maximum Gasteiger partial charge on any atom is 0.163 e. The summed E-state index contributed by atoms with van der Waals surface area (Å²) in [5, 5.41) is 9.44. The van der Waals surface area contributed by atoms with Crippen molar-refractivity contribution in [2.45, 2.75) is 44.6 Å². The summed E-state index contributed by atoms with van der Waals surface area (Å²) in [6.45, 7) is 0.678. The van der Waals surface area contributed by atoms with Crippen molar-refractivity contribution in [2.75, 3.05) is 20.8 Å². The fourth-order valence-corrected chi connectivity index (χ4v) is 3.48. The molecule has 1 aliphatic rings. The van der Waals surface area contributed by atoms with Gasteiger partial charge in [0.15, 0.2) is 11.5 Å². The van der Waals surface area contributed by atoms with Crippen LogP contribution in [0, 0.1) is 0 Å². The van der Waals surface area contributed by atoms with E-state index in [-0.39, 0.29) is 6.61 Å². The van der Waals surface area contributed by atoms with E-state index >= 15 is 0 Å². The van der Waals surface area contributed by atoms with Crippen LogP contribution in [-0.2, 0) is 6.54 Å². The van der Waals surface area contributed by atoms with E-state index in [2.05, 4.69) is 4.57 Å². The summed E-state index contributed by atoms with van der Waals surface area (Å²) in [6.07, 6.45) is 6.21. The molecule has 1 aromatic heterocycles. The van der Waals surface area contributed by atoms with E-state index in [4.69, 9.17) is 14.5 Å². The SMILES string of the molecule is COc1cc2nc(C3CCCCC3)n(CCO)c2cc1OC. The summed E-state index contributed by atoms with van der Waals surface area (Å²) < 4.78 is 12.9. The molecule has 0 unspecified atom stereocenters. The fourth-order valence-electron chi connectivity index (χ4n) is 3.48. The number of imidazole rings is 1. The molecule has 0 radical (unpaired) electrons. The minimum Gasteiger partial charge on any atom is -0.493 e. The van der Waals surface area contributed by atoms with Crippen molar-refractivity contribution in [1.82, 2.24) is 9.55 Å². The number of aromatic nitrogens is 2. The van der Waals surface area contributed by atoms with Crippen molar-refractivity contribution >= 4 is 11.0 Å². The molecule has 0 atom stereocenters. The molecule has 0 saturated heterocycles. The van der Waals surface area contributed by atoms with Crippen LogP contribution in [0.3, 0.4) is 0 Å². The first-order valence-corrected chi connectivity index (χ1v) is 8.01. The summed E-state index contributed by atoms with van der Waals surface area (Å²) >= 11 is 0. The number of fused-ring (bicyclic) bond motifs is 1. The molecule has 2 aromatic rings. The second-order valence-corrected chi connectivity index (χ2v) is 5.88. The van der Waals surface area contributed by atoms with Crippen LogP contribution in [0.15, 0.2) is 12.1 Å². The molecule has 1 saturated carbocycles. The maximum atomic E-state index is 9.44. The largest absolute Gasteiger partial charge is 0.493 e. The molecule has 22 heavy (non-hydrogen) atoms. The summed E-state index contributed by atoms with van der Waals surface area (Å²) in [5.74, 6) is 2.98. The molecule has 1 heterocycles. The number of benzene rings is 1. The second-order valence-electron chi connectivity index (χ2n) is 5.88. The first-order chi connectivity index (χ1) is 10.8. The Labute approximate surface area is 130 Å². The minimum absolute atomic E-state index is 0.111. The number of rotatable bonds is 5. The minimum atomic E-state index is 0.111. The Morgan fingerprint density at radius 1 is 1.14 bits per heavy atom. The summed E-state index contributed by atoms with van der Waals surface area (Å²) in [6, 6.07) is 3.89. The third-order valence-electron chi connectivity index (χ3n) is 4.58.